The highest BCUT2D eigenvalue weighted by molar-refractivity contribution is 5.93. The molecule has 0 aliphatic heterocycles. The molecule has 0 saturated heterocycles. The number of fused-ring (bicyclic) bond motifs is 2. The molecule has 0 aliphatic rings. The van der Waals surface area contributed by atoms with Crippen molar-refractivity contribution in [3.63, 3.8) is 0 Å². The van der Waals surface area contributed by atoms with Crippen molar-refractivity contribution >= 4 is 57.1 Å². The standard InChI is InChI=1S/2C25H24F2N2O4/c1-15(28-23(30)12-16-10-19(26)14-20(27)11-16)24(31)29-22(25(32)33-2)13-18-8-5-7-17-6-3-4-9-21(17)18;1-15(28-23(30)13-17-10-20(26)14-21(27)11-17)24(31)29-22(25(32)33-2)12-16-7-8-18-5-3-4-6-19(18)9-16/h2*3-11,14-15,22H,12-13H2,1-2H3,(H,28,30)(H,29,31)/t2*15-,22-/m00/s1. The average Bonchev–Trinajstić information content (AvgIpc) is 3.27. The van der Waals surface area contributed by atoms with Gasteiger partial charge < -0.3 is 30.7 Å². The molecule has 6 rings (SSSR count). The van der Waals surface area contributed by atoms with Crippen LogP contribution < -0.4 is 21.3 Å². The van der Waals surface area contributed by atoms with Crippen LogP contribution in [0.2, 0.25) is 0 Å². The first-order valence-electron chi connectivity index (χ1n) is 20.7. The van der Waals surface area contributed by atoms with Crippen LogP contribution in [0.4, 0.5) is 17.6 Å². The van der Waals surface area contributed by atoms with Crippen LogP contribution in [0.25, 0.3) is 21.5 Å². The van der Waals surface area contributed by atoms with Gasteiger partial charge in [0.25, 0.3) is 0 Å². The summed E-state index contributed by atoms with van der Waals surface area (Å²) < 4.78 is 62.9. The Kier molecular flexibility index (Phi) is 17.5. The molecule has 4 N–H and O–H groups in total. The molecule has 6 aromatic carbocycles. The van der Waals surface area contributed by atoms with Gasteiger partial charge in [0.1, 0.15) is 47.4 Å². The van der Waals surface area contributed by atoms with Gasteiger partial charge in [0.15, 0.2) is 0 Å². The summed E-state index contributed by atoms with van der Waals surface area (Å²) in [4.78, 5) is 74.4. The second-order valence-electron chi connectivity index (χ2n) is 15.4. The number of methoxy groups -OCH3 is 2. The fourth-order valence-corrected chi connectivity index (χ4v) is 7.07. The second-order valence-corrected chi connectivity index (χ2v) is 15.4. The molecule has 0 fully saturated rings. The molecule has 4 atom stereocenters. The number of halogens is 4. The van der Waals surface area contributed by atoms with E-state index < -0.39 is 83.0 Å². The molecule has 344 valence electrons. The maximum Gasteiger partial charge on any atom is 0.328 e. The molecule has 0 bridgehead atoms. The van der Waals surface area contributed by atoms with E-state index >= 15 is 0 Å². The first kappa shape index (κ1) is 49.4. The van der Waals surface area contributed by atoms with Crippen molar-refractivity contribution < 1.29 is 55.8 Å². The van der Waals surface area contributed by atoms with E-state index in [1.54, 1.807) is 0 Å². The molecule has 0 saturated carbocycles. The van der Waals surface area contributed by atoms with Crippen LogP contribution in [0.3, 0.4) is 0 Å². The van der Waals surface area contributed by atoms with Gasteiger partial charge in [0.05, 0.1) is 27.1 Å². The molecule has 6 aromatic rings. The lowest BCUT2D eigenvalue weighted by atomic mass is 9.98. The fourth-order valence-electron chi connectivity index (χ4n) is 7.07. The highest BCUT2D eigenvalue weighted by Crippen LogP contribution is 2.21. The average molecular weight is 909 g/mol. The maximum atomic E-state index is 13.3. The Morgan fingerprint density at radius 1 is 0.470 bits per heavy atom. The van der Waals surface area contributed by atoms with E-state index in [0.717, 1.165) is 56.9 Å². The highest BCUT2D eigenvalue weighted by atomic mass is 19.1. The van der Waals surface area contributed by atoms with Crippen molar-refractivity contribution in [1.29, 1.82) is 0 Å². The minimum atomic E-state index is -0.990. The number of carbonyl (C=O) groups is 6. The Hall–Kier alpha value is -7.62. The monoisotopic (exact) mass is 908 g/mol. The van der Waals surface area contributed by atoms with Crippen molar-refractivity contribution in [3.8, 4) is 0 Å². The van der Waals surface area contributed by atoms with Gasteiger partial charge in [-0.25, -0.2) is 27.2 Å². The summed E-state index contributed by atoms with van der Waals surface area (Å²) in [5, 5.41) is 14.2. The van der Waals surface area contributed by atoms with Gasteiger partial charge in [-0.2, -0.15) is 0 Å². The summed E-state index contributed by atoms with van der Waals surface area (Å²) in [6, 6.07) is 28.6. The van der Waals surface area contributed by atoms with Crippen LogP contribution in [-0.2, 0) is 63.9 Å². The van der Waals surface area contributed by atoms with Gasteiger partial charge >= 0.3 is 11.9 Å². The molecule has 0 heterocycles. The van der Waals surface area contributed by atoms with E-state index in [9.17, 15) is 46.3 Å². The predicted molar refractivity (Wildman–Crippen MR) is 239 cm³/mol. The minimum absolute atomic E-state index is 0.140. The zero-order valence-corrected chi connectivity index (χ0v) is 36.5. The van der Waals surface area contributed by atoms with Crippen molar-refractivity contribution in [2.45, 2.75) is 63.7 Å². The number of amides is 4. The summed E-state index contributed by atoms with van der Waals surface area (Å²) in [6.45, 7) is 2.90. The number of ether oxygens (including phenoxy) is 2. The van der Waals surface area contributed by atoms with Crippen molar-refractivity contribution in [3.05, 3.63) is 167 Å². The normalized spacial score (nSPS) is 12.6. The number of carbonyl (C=O) groups excluding carboxylic acids is 6. The van der Waals surface area contributed by atoms with Crippen LogP contribution in [0.5, 0.6) is 0 Å². The molecule has 0 aromatic heterocycles. The number of benzene rings is 6. The van der Waals surface area contributed by atoms with Gasteiger partial charge in [0.2, 0.25) is 23.6 Å². The van der Waals surface area contributed by atoms with Gasteiger partial charge in [-0.3, -0.25) is 19.2 Å². The molecule has 0 spiro atoms. The van der Waals surface area contributed by atoms with Gasteiger partial charge in [0, 0.05) is 25.0 Å². The number of hydrogen-bond donors (Lipinski definition) is 4. The Morgan fingerprint density at radius 3 is 1.41 bits per heavy atom. The van der Waals surface area contributed by atoms with E-state index in [1.807, 2.05) is 84.9 Å². The van der Waals surface area contributed by atoms with Gasteiger partial charge in [-0.05, 0) is 81.9 Å². The Labute approximate surface area is 378 Å². The number of nitrogens with one attached hydrogen (secondary N) is 4. The lowest BCUT2D eigenvalue weighted by molar-refractivity contribution is -0.145. The third-order valence-electron chi connectivity index (χ3n) is 10.3. The zero-order valence-electron chi connectivity index (χ0n) is 36.5. The molecule has 0 radical (unpaired) electrons. The molecule has 0 unspecified atom stereocenters. The topological polar surface area (TPSA) is 169 Å². The van der Waals surface area contributed by atoms with E-state index in [2.05, 4.69) is 21.3 Å². The SMILES string of the molecule is COC(=O)[C@H](Cc1ccc2ccccc2c1)NC(=O)[C@H](C)NC(=O)Cc1cc(F)cc(F)c1.COC(=O)[C@H](Cc1cccc2ccccc12)NC(=O)[C@H](C)NC(=O)Cc1cc(F)cc(F)c1. The molecule has 16 heteroatoms. The first-order valence-corrected chi connectivity index (χ1v) is 20.7. The summed E-state index contributed by atoms with van der Waals surface area (Å²) in [7, 11) is 2.46. The summed E-state index contributed by atoms with van der Waals surface area (Å²) in [5.41, 5.74) is 1.96. The number of esters is 2. The third kappa shape index (κ3) is 14.5. The molecule has 0 aliphatic carbocycles. The number of rotatable bonds is 16. The smallest absolute Gasteiger partial charge is 0.328 e. The second kappa shape index (κ2) is 23.4. The molecular formula is C50H48F4N4O8. The quantitative estimate of drug-likeness (QED) is 0.0665. The molecular weight excluding hydrogens is 861 g/mol. The Balaban J connectivity index is 0.000000247. The number of hydrogen-bond acceptors (Lipinski definition) is 8. The van der Waals surface area contributed by atoms with Crippen molar-refractivity contribution in [1.82, 2.24) is 21.3 Å². The van der Waals surface area contributed by atoms with Crippen LogP contribution >= 0.6 is 0 Å². The lowest BCUT2D eigenvalue weighted by Crippen LogP contribution is -2.51. The summed E-state index contributed by atoms with van der Waals surface area (Å²) in [6.07, 6.45) is -0.206. The first-order chi connectivity index (χ1) is 31.5. The van der Waals surface area contributed by atoms with Crippen LogP contribution in [0.15, 0.2) is 121 Å². The van der Waals surface area contributed by atoms with Crippen LogP contribution in [-0.4, -0.2) is 74.0 Å². The predicted octanol–water partition coefficient (Wildman–Crippen LogP) is 6.13. The fraction of sp³-hybridized carbons (Fsp3) is 0.240. The van der Waals surface area contributed by atoms with E-state index in [-0.39, 0.29) is 36.8 Å². The van der Waals surface area contributed by atoms with Crippen molar-refractivity contribution in [2.24, 2.45) is 0 Å². The van der Waals surface area contributed by atoms with E-state index in [0.29, 0.717) is 12.1 Å². The molecule has 66 heavy (non-hydrogen) atoms. The largest absolute Gasteiger partial charge is 0.467 e. The lowest BCUT2D eigenvalue weighted by Gasteiger charge is -2.21. The third-order valence-corrected chi connectivity index (χ3v) is 10.3. The van der Waals surface area contributed by atoms with E-state index in [1.165, 1.54) is 28.1 Å². The van der Waals surface area contributed by atoms with Crippen LogP contribution in [0.1, 0.15) is 36.1 Å². The zero-order chi connectivity index (χ0) is 47.9. The van der Waals surface area contributed by atoms with Crippen LogP contribution in [0, 0.1) is 23.3 Å². The summed E-state index contributed by atoms with van der Waals surface area (Å²) >= 11 is 0. The molecule has 12 nitrogen and oxygen atoms in total. The minimum Gasteiger partial charge on any atom is -0.467 e. The van der Waals surface area contributed by atoms with Crippen molar-refractivity contribution in [2.75, 3.05) is 14.2 Å². The Bertz CT molecular complexity index is 2680. The van der Waals surface area contributed by atoms with E-state index in [4.69, 9.17) is 9.47 Å². The molecule has 4 amide bonds. The summed E-state index contributed by atoms with van der Waals surface area (Å²) in [5.74, 6) is -6.78. The van der Waals surface area contributed by atoms with Gasteiger partial charge in [-0.15, -0.1) is 0 Å². The highest BCUT2D eigenvalue weighted by Gasteiger charge is 2.27. The van der Waals surface area contributed by atoms with Gasteiger partial charge in [-0.1, -0.05) is 84.9 Å². The maximum absolute atomic E-state index is 13.3. The Morgan fingerprint density at radius 2 is 0.909 bits per heavy atom.